The van der Waals surface area contributed by atoms with Crippen molar-refractivity contribution in [3.63, 3.8) is 0 Å². The Hall–Kier alpha value is -3.37. The number of rotatable bonds is 8. The number of amides is 3. The van der Waals surface area contributed by atoms with Crippen LogP contribution in [0.15, 0.2) is 46.4 Å². The van der Waals surface area contributed by atoms with Crippen LogP contribution in [0.25, 0.3) is 0 Å². The Morgan fingerprint density at radius 1 is 1.17 bits per heavy atom. The molecule has 4 rings (SSSR count). The van der Waals surface area contributed by atoms with Gasteiger partial charge in [-0.15, -0.1) is 11.3 Å². The summed E-state index contributed by atoms with van der Waals surface area (Å²) in [7, 11) is 0. The lowest BCUT2D eigenvalue weighted by Gasteiger charge is -2.34. The van der Waals surface area contributed by atoms with Gasteiger partial charge in [0.2, 0.25) is 11.8 Å². The van der Waals surface area contributed by atoms with Crippen LogP contribution in [0.2, 0.25) is 5.02 Å². The molecule has 1 aliphatic rings. The number of aryl methyl sites for hydroxylation is 1. The van der Waals surface area contributed by atoms with Gasteiger partial charge >= 0.3 is 0 Å². The standard InChI is InChI=1S/C25H28ClN5O4S/c1-17-5-6-19(26)14-21(17)27-25-28-22(16-36-25)24(34)31(15-20-4-3-13-35-20)8-7-23(33)30-11-9-29(10-12-30)18(2)32/h3-6,13-14,16H,7-12,15H2,1-2H3,(H,27,28). The highest BCUT2D eigenvalue weighted by Gasteiger charge is 2.25. The molecule has 3 amide bonds. The molecule has 1 aliphatic heterocycles. The summed E-state index contributed by atoms with van der Waals surface area (Å²) in [6, 6.07) is 9.09. The second kappa shape index (κ2) is 11.6. The molecule has 1 fully saturated rings. The van der Waals surface area contributed by atoms with E-state index in [0.717, 1.165) is 11.3 Å². The van der Waals surface area contributed by atoms with Crippen molar-refractivity contribution in [1.29, 1.82) is 0 Å². The normalized spacial score (nSPS) is 13.5. The molecule has 0 saturated carbocycles. The van der Waals surface area contributed by atoms with E-state index in [2.05, 4.69) is 10.3 Å². The molecule has 0 radical (unpaired) electrons. The highest BCUT2D eigenvalue weighted by molar-refractivity contribution is 7.14. The number of carbonyl (C=O) groups is 3. The highest BCUT2D eigenvalue weighted by Crippen LogP contribution is 2.27. The van der Waals surface area contributed by atoms with Crippen molar-refractivity contribution in [2.24, 2.45) is 0 Å². The first-order valence-corrected chi connectivity index (χ1v) is 12.9. The molecular weight excluding hydrogens is 502 g/mol. The minimum absolute atomic E-state index is 0.0139. The van der Waals surface area contributed by atoms with Crippen molar-refractivity contribution >= 4 is 51.5 Å². The zero-order valence-corrected chi connectivity index (χ0v) is 21.8. The Labute approximate surface area is 218 Å². The summed E-state index contributed by atoms with van der Waals surface area (Å²) >= 11 is 7.43. The third-order valence-corrected chi connectivity index (χ3v) is 7.04. The van der Waals surface area contributed by atoms with Gasteiger partial charge in [0.1, 0.15) is 11.5 Å². The van der Waals surface area contributed by atoms with Gasteiger partial charge in [0.15, 0.2) is 5.13 Å². The first kappa shape index (κ1) is 25.7. The van der Waals surface area contributed by atoms with E-state index in [1.807, 2.05) is 25.1 Å². The smallest absolute Gasteiger partial charge is 0.273 e. The molecule has 0 unspecified atom stereocenters. The van der Waals surface area contributed by atoms with Crippen LogP contribution in [0.5, 0.6) is 0 Å². The average Bonchev–Trinajstić information content (AvgIpc) is 3.56. The SMILES string of the molecule is CC(=O)N1CCN(C(=O)CCN(Cc2ccco2)C(=O)c2csc(Nc3cc(Cl)ccc3C)n2)CC1. The lowest BCUT2D eigenvalue weighted by molar-refractivity contribution is -0.138. The van der Waals surface area contributed by atoms with Gasteiger partial charge < -0.3 is 24.4 Å². The maximum Gasteiger partial charge on any atom is 0.273 e. The van der Waals surface area contributed by atoms with E-state index in [-0.39, 0.29) is 42.9 Å². The number of hydrogen-bond acceptors (Lipinski definition) is 7. The van der Waals surface area contributed by atoms with Gasteiger partial charge in [0.05, 0.1) is 12.8 Å². The first-order chi connectivity index (χ1) is 17.3. The van der Waals surface area contributed by atoms with Crippen molar-refractivity contribution in [3.8, 4) is 0 Å². The Bertz CT molecular complexity index is 1220. The van der Waals surface area contributed by atoms with Gasteiger partial charge in [0, 0.05) is 62.2 Å². The Morgan fingerprint density at radius 2 is 1.92 bits per heavy atom. The molecule has 11 heteroatoms. The molecular formula is C25H28ClN5O4S. The molecule has 1 saturated heterocycles. The molecule has 190 valence electrons. The average molecular weight is 530 g/mol. The summed E-state index contributed by atoms with van der Waals surface area (Å²) in [5.74, 6) is 0.300. The van der Waals surface area contributed by atoms with E-state index in [1.54, 1.807) is 38.5 Å². The summed E-state index contributed by atoms with van der Waals surface area (Å²) in [6.07, 6.45) is 1.72. The molecule has 0 bridgehead atoms. The number of piperazine rings is 1. The van der Waals surface area contributed by atoms with Crippen molar-refractivity contribution in [2.45, 2.75) is 26.8 Å². The monoisotopic (exact) mass is 529 g/mol. The van der Waals surface area contributed by atoms with Gasteiger partial charge in [-0.25, -0.2) is 4.98 Å². The van der Waals surface area contributed by atoms with E-state index >= 15 is 0 Å². The molecule has 1 N–H and O–H groups in total. The summed E-state index contributed by atoms with van der Waals surface area (Å²) in [5, 5.41) is 6.09. The van der Waals surface area contributed by atoms with Crippen molar-refractivity contribution in [3.05, 3.63) is 64.0 Å². The van der Waals surface area contributed by atoms with Crippen LogP contribution in [0, 0.1) is 6.92 Å². The number of benzene rings is 1. The van der Waals surface area contributed by atoms with E-state index in [4.69, 9.17) is 16.0 Å². The molecule has 1 aromatic carbocycles. The second-order valence-electron chi connectivity index (χ2n) is 8.57. The molecule has 0 spiro atoms. The largest absolute Gasteiger partial charge is 0.467 e. The second-order valence-corrected chi connectivity index (χ2v) is 9.86. The number of anilines is 2. The van der Waals surface area contributed by atoms with E-state index in [0.29, 0.717) is 42.1 Å². The third-order valence-electron chi connectivity index (χ3n) is 6.05. The number of halogens is 1. The molecule has 0 atom stereocenters. The minimum atomic E-state index is -0.285. The van der Waals surface area contributed by atoms with E-state index in [1.165, 1.54) is 18.3 Å². The molecule has 3 heterocycles. The fraction of sp³-hybridized carbons (Fsp3) is 0.360. The lowest BCUT2D eigenvalue weighted by Crippen LogP contribution is -2.50. The fourth-order valence-electron chi connectivity index (χ4n) is 3.94. The Balaban J connectivity index is 1.41. The number of thiazole rings is 1. The van der Waals surface area contributed by atoms with Crippen LogP contribution >= 0.6 is 22.9 Å². The quantitative estimate of drug-likeness (QED) is 0.470. The maximum atomic E-state index is 13.4. The lowest BCUT2D eigenvalue weighted by atomic mass is 10.2. The van der Waals surface area contributed by atoms with Crippen LogP contribution in [-0.4, -0.2) is 70.1 Å². The van der Waals surface area contributed by atoms with Crippen LogP contribution in [-0.2, 0) is 16.1 Å². The fourth-order valence-corrected chi connectivity index (χ4v) is 4.81. The van der Waals surface area contributed by atoms with Crippen LogP contribution in [0.4, 0.5) is 10.8 Å². The van der Waals surface area contributed by atoms with Crippen molar-refractivity contribution < 1.29 is 18.8 Å². The minimum Gasteiger partial charge on any atom is -0.467 e. The van der Waals surface area contributed by atoms with Gasteiger partial charge in [-0.3, -0.25) is 14.4 Å². The van der Waals surface area contributed by atoms with Crippen LogP contribution in [0.3, 0.4) is 0 Å². The highest BCUT2D eigenvalue weighted by atomic mass is 35.5. The van der Waals surface area contributed by atoms with Gasteiger partial charge in [0.25, 0.3) is 5.91 Å². The van der Waals surface area contributed by atoms with E-state index in [9.17, 15) is 14.4 Å². The van der Waals surface area contributed by atoms with Crippen LogP contribution < -0.4 is 5.32 Å². The number of furan rings is 1. The number of nitrogens with one attached hydrogen (secondary N) is 1. The summed E-state index contributed by atoms with van der Waals surface area (Å²) < 4.78 is 5.45. The summed E-state index contributed by atoms with van der Waals surface area (Å²) in [4.78, 5) is 47.3. The molecule has 9 nitrogen and oxygen atoms in total. The molecule has 3 aromatic rings. The van der Waals surface area contributed by atoms with Crippen molar-refractivity contribution in [1.82, 2.24) is 19.7 Å². The third kappa shape index (κ3) is 6.44. The van der Waals surface area contributed by atoms with Crippen molar-refractivity contribution in [2.75, 3.05) is 38.0 Å². The Kier molecular flexibility index (Phi) is 8.27. The number of nitrogens with zero attached hydrogens (tertiary/aromatic N) is 4. The summed E-state index contributed by atoms with van der Waals surface area (Å²) in [6.45, 7) is 5.98. The number of hydrogen-bond donors (Lipinski definition) is 1. The number of aromatic nitrogens is 1. The summed E-state index contributed by atoms with van der Waals surface area (Å²) in [5.41, 5.74) is 2.11. The Morgan fingerprint density at radius 3 is 2.61 bits per heavy atom. The maximum absolute atomic E-state index is 13.4. The predicted octanol–water partition coefficient (Wildman–Crippen LogP) is 4.16. The van der Waals surface area contributed by atoms with Gasteiger partial charge in [-0.2, -0.15) is 0 Å². The molecule has 0 aliphatic carbocycles. The van der Waals surface area contributed by atoms with Gasteiger partial charge in [-0.1, -0.05) is 17.7 Å². The predicted molar refractivity (Wildman–Crippen MR) is 138 cm³/mol. The first-order valence-electron chi connectivity index (χ1n) is 11.6. The van der Waals surface area contributed by atoms with Crippen LogP contribution in [0.1, 0.15) is 35.2 Å². The topological polar surface area (TPSA) is 99.0 Å². The molecule has 2 aromatic heterocycles. The van der Waals surface area contributed by atoms with E-state index < -0.39 is 0 Å². The van der Waals surface area contributed by atoms with Gasteiger partial charge in [-0.05, 0) is 36.8 Å². The molecule has 36 heavy (non-hydrogen) atoms. The zero-order valence-electron chi connectivity index (χ0n) is 20.2. The number of carbonyl (C=O) groups excluding carboxylic acids is 3. The zero-order chi connectivity index (χ0) is 25.7.